The summed E-state index contributed by atoms with van der Waals surface area (Å²) in [4.78, 5) is 63.9. The first-order valence-electron chi connectivity index (χ1n) is 8.14. The minimum Gasteiger partial charge on any atom is -0.387 e. The van der Waals surface area contributed by atoms with Crippen LogP contribution in [0.3, 0.4) is 0 Å². The molecule has 0 bridgehead atoms. The van der Waals surface area contributed by atoms with Crippen LogP contribution in [0.25, 0.3) is 0 Å². The highest BCUT2D eigenvalue weighted by Crippen LogP contribution is 2.66. The summed E-state index contributed by atoms with van der Waals surface area (Å²) < 4.78 is 63.7. The zero-order valence-electron chi connectivity index (χ0n) is 15.8. The fraction of sp³-hybridized carbons (Fsp3) is 0.545. The molecule has 1 aliphatic rings. The van der Waals surface area contributed by atoms with Crippen molar-refractivity contribution >= 4 is 23.5 Å². The molecule has 1 saturated heterocycles. The van der Waals surface area contributed by atoms with Crippen LogP contribution in [0.4, 0.5) is 4.39 Å². The molecule has 1 fully saturated rings. The van der Waals surface area contributed by atoms with Gasteiger partial charge in [-0.25, -0.2) is 27.7 Å². The van der Waals surface area contributed by atoms with Gasteiger partial charge in [0.2, 0.25) is 0 Å². The third kappa shape index (κ3) is 7.18. The summed E-state index contributed by atoms with van der Waals surface area (Å²) in [6.45, 7) is -2.38. The van der Waals surface area contributed by atoms with Crippen molar-refractivity contribution in [1.82, 2.24) is 14.5 Å². The van der Waals surface area contributed by atoms with E-state index in [9.17, 15) is 37.7 Å². The van der Waals surface area contributed by atoms with Gasteiger partial charge in [-0.1, -0.05) is 11.8 Å². The van der Waals surface area contributed by atoms with Crippen LogP contribution in [0.2, 0.25) is 0 Å². The van der Waals surface area contributed by atoms with Crippen LogP contribution in [0.1, 0.15) is 6.23 Å². The number of nitrogens with two attached hydrogens (primary N) is 1. The molecule has 6 atom stereocenters. The van der Waals surface area contributed by atoms with Gasteiger partial charge in [-0.2, -0.15) is 13.6 Å². The van der Waals surface area contributed by atoms with Gasteiger partial charge in [0.15, 0.2) is 11.8 Å². The van der Waals surface area contributed by atoms with E-state index in [1.54, 1.807) is 4.98 Å². The lowest BCUT2D eigenvalue weighted by atomic mass is 9.91. The van der Waals surface area contributed by atoms with E-state index in [1.165, 1.54) is 0 Å². The Morgan fingerprint density at radius 3 is 2.42 bits per heavy atom. The number of alkyl halides is 1. The number of phosphoric acid groups is 3. The fourth-order valence-corrected chi connectivity index (χ4v) is 5.58. The Labute approximate surface area is 181 Å². The summed E-state index contributed by atoms with van der Waals surface area (Å²) in [7, 11) is -17.0. The maximum Gasteiger partial charge on any atom is 0.490 e. The molecule has 0 aromatic carbocycles. The summed E-state index contributed by atoms with van der Waals surface area (Å²) in [6.07, 6.45) is -4.77. The van der Waals surface area contributed by atoms with Crippen molar-refractivity contribution in [2.75, 3.05) is 13.3 Å². The predicted molar refractivity (Wildman–Crippen MR) is 99.5 cm³/mol. The van der Waals surface area contributed by atoms with E-state index in [4.69, 9.17) is 25.2 Å². The van der Waals surface area contributed by atoms with Crippen molar-refractivity contribution in [3.05, 3.63) is 27.3 Å². The number of aliphatic hydroxyl groups is 1. The number of aromatic amines is 1. The maximum absolute atomic E-state index is 12.6. The molecule has 18 nitrogen and oxygen atoms in total. The number of hydrogen-bond acceptors (Lipinski definition) is 12. The first-order chi connectivity index (χ1) is 15.0. The molecular weight excluding hydrogens is 524 g/mol. The first kappa shape index (κ1) is 27.6. The molecule has 186 valence electrons. The number of phosphoric ester groups is 1. The monoisotopic (exact) mass is 540 g/mol. The number of nitrogens with one attached hydrogen (secondary N) is 1. The van der Waals surface area contributed by atoms with Crippen molar-refractivity contribution in [1.29, 1.82) is 0 Å². The van der Waals surface area contributed by atoms with Gasteiger partial charge in [-0.3, -0.25) is 14.1 Å². The van der Waals surface area contributed by atoms with Gasteiger partial charge in [-0.15, -0.1) is 0 Å². The highest BCUT2D eigenvalue weighted by molar-refractivity contribution is 7.66. The molecule has 0 saturated carbocycles. The molecule has 1 aromatic heterocycles. The van der Waals surface area contributed by atoms with Crippen molar-refractivity contribution < 1.29 is 60.6 Å². The van der Waals surface area contributed by atoms with Crippen molar-refractivity contribution in [2.45, 2.75) is 24.0 Å². The van der Waals surface area contributed by atoms with Gasteiger partial charge in [0.1, 0.15) is 25.2 Å². The Bertz CT molecular complexity index is 1200. The molecule has 1 aliphatic heterocycles. The molecule has 22 heteroatoms. The molecule has 2 rings (SSSR count). The van der Waals surface area contributed by atoms with E-state index in [1.807, 2.05) is 5.92 Å². The highest BCUT2D eigenvalue weighted by Gasteiger charge is 2.55. The Hall–Kier alpha value is -1.61. The van der Waals surface area contributed by atoms with Gasteiger partial charge in [0, 0.05) is 0 Å². The summed E-state index contributed by atoms with van der Waals surface area (Å²) in [5.74, 6) is 4.05. The molecule has 0 amide bonds. The van der Waals surface area contributed by atoms with E-state index in [0.29, 0.717) is 10.9 Å². The molecule has 8 N–H and O–H groups in total. The van der Waals surface area contributed by atoms with Crippen LogP contribution in [-0.2, 0) is 31.6 Å². The van der Waals surface area contributed by atoms with Gasteiger partial charge < -0.3 is 35.2 Å². The maximum atomic E-state index is 12.6. The Balaban J connectivity index is 2.26. The minimum atomic E-state index is -5.80. The molecule has 0 aliphatic carbocycles. The van der Waals surface area contributed by atoms with Crippen molar-refractivity contribution in [3.8, 4) is 11.8 Å². The number of aliphatic hydroxyl groups excluding tert-OH is 1. The molecule has 0 radical (unpaired) electrons. The molecule has 3 unspecified atom stereocenters. The Morgan fingerprint density at radius 1 is 1.24 bits per heavy atom. The Kier molecular flexibility index (Phi) is 8.32. The first-order valence-corrected chi connectivity index (χ1v) is 12.7. The van der Waals surface area contributed by atoms with Crippen LogP contribution < -0.4 is 17.1 Å². The zero-order chi connectivity index (χ0) is 25.2. The van der Waals surface area contributed by atoms with Crippen LogP contribution in [-0.4, -0.2) is 70.2 Å². The van der Waals surface area contributed by atoms with E-state index in [-0.39, 0.29) is 0 Å². The molecule has 33 heavy (non-hydrogen) atoms. The lowest BCUT2D eigenvalue weighted by Gasteiger charge is -2.27. The number of hydrogen-bond donors (Lipinski definition) is 7. The third-order valence-corrected chi connectivity index (χ3v) is 7.55. The molecule has 2 heterocycles. The van der Waals surface area contributed by atoms with E-state index < -0.39 is 72.1 Å². The lowest BCUT2D eigenvalue weighted by Crippen LogP contribution is -2.55. The van der Waals surface area contributed by atoms with Gasteiger partial charge in [-0.05, 0) is 0 Å². The normalized spacial score (nSPS) is 29.0. The summed E-state index contributed by atoms with van der Waals surface area (Å²) in [5, 5.41) is 10.5. The fourth-order valence-electron chi connectivity index (χ4n) is 2.55. The summed E-state index contributed by atoms with van der Waals surface area (Å²) >= 11 is 0. The second kappa shape index (κ2) is 9.94. The van der Waals surface area contributed by atoms with Gasteiger partial charge in [0.05, 0.1) is 6.61 Å². The lowest BCUT2D eigenvalue weighted by molar-refractivity contribution is -0.0472. The minimum absolute atomic E-state index is 0.572. The third-order valence-electron chi connectivity index (χ3n) is 3.74. The zero-order valence-corrected chi connectivity index (χ0v) is 18.5. The highest BCUT2D eigenvalue weighted by atomic mass is 31.3. The summed E-state index contributed by atoms with van der Waals surface area (Å²) in [5.41, 5.74) is 1.53. The second-order valence-corrected chi connectivity index (χ2v) is 10.5. The van der Waals surface area contributed by atoms with Crippen LogP contribution in [0, 0.1) is 11.8 Å². The smallest absolute Gasteiger partial charge is 0.387 e. The number of halogens is 1. The van der Waals surface area contributed by atoms with Gasteiger partial charge >= 0.3 is 34.8 Å². The van der Waals surface area contributed by atoms with E-state index in [0.717, 1.165) is 0 Å². The average Bonchev–Trinajstić information content (AvgIpc) is 2.87. The number of rotatable bonds is 8. The summed E-state index contributed by atoms with van der Waals surface area (Å²) in [6, 6.07) is 0. The van der Waals surface area contributed by atoms with Crippen LogP contribution >= 0.6 is 23.5 Å². The van der Waals surface area contributed by atoms with Crippen LogP contribution in [0.15, 0.2) is 15.9 Å². The molecular formula is C11H16FN4O14P3. The van der Waals surface area contributed by atoms with Crippen molar-refractivity contribution in [3.63, 3.8) is 0 Å². The van der Waals surface area contributed by atoms with Crippen molar-refractivity contribution in [2.24, 2.45) is 5.73 Å². The van der Waals surface area contributed by atoms with Crippen LogP contribution in [0.5, 0.6) is 0 Å². The number of H-pyrrole nitrogens is 1. The number of nitrogens with zero attached hydrogens (tertiary/aromatic N) is 2. The van der Waals surface area contributed by atoms with E-state index in [2.05, 4.69) is 24.0 Å². The van der Waals surface area contributed by atoms with E-state index >= 15 is 0 Å². The Morgan fingerprint density at radius 2 is 1.88 bits per heavy atom. The SMILES string of the molecule is NC1(C#CCF)[C@@H](O)[C@@H](COP(=O)(O)OP(=O)(O)OP(=O)(O)O)O[C@H]1n1cnc(=O)[nH]c1=O. The number of ether oxygens (including phenoxy) is 1. The standard InChI is InChI=1S/C11H16FN4O14P3/c12-3-1-2-11(13)7(17)6(28-8(11)16-5-14-9(18)15-10(16)19)4-27-32(23,24)30-33(25,26)29-31(20,21)22/h5-8,17H,3-4,13H2,(H,23,24)(H,25,26)(H,15,18,19)(H2,20,21,22)/t6-,7+,8-,11?/m1/s1. The number of aromatic nitrogens is 3. The predicted octanol–water partition coefficient (Wildman–Crippen LogP) is -2.80. The largest absolute Gasteiger partial charge is 0.490 e. The quantitative estimate of drug-likeness (QED) is 0.129. The topological polar surface area (TPSA) is 283 Å². The van der Waals surface area contributed by atoms with Gasteiger partial charge in [0.25, 0.3) is 0 Å². The average molecular weight is 540 g/mol. The second-order valence-electron chi connectivity index (χ2n) is 6.11. The molecule has 0 spiro atoms. The molecule has 1 aromatic rings.